The van der Waals surface area contributed by atoms with E-state index in [0.717, 1.165) is 36.8 Å². The van der Waals surface area contributed by atoms with Gasteiger partial charge in [-0.2, -0.15) is 0 Å². The summed E-state index contributed by atoms with van der Waals surface area (Å²) in [6, 6.07) is 0. The molecule has 176 valence electrons. The molecule has 0 heterocycles. The summed E-state index contributed by atoms with van der Waals surface area (Å²) in [5, 5.41) is 41.1. The maximum Gasteiger partial charge on any atom is 0.0811 e. The van der Waals surface area contributed by atoms with Gasteiger partial charge in [0.25, 0.3) is 0 Å². The van der Waals surface area contributed by atoms with Gasteiger partial charge in [-0.25, -0.2) is 0 Å². The van der Waals surface area contributed by atoms with E-state index in [9.17, 15) is 20.4 Å². The highest BCUT2D eigenvalue weighted by molar-refractivity contribution is 5.38. The topological polar surface area (TPSA) is 80.9 Å². The van der Waals surface area contributed by atoms with Crippen LogP contribution in [0, 0.1) is 23.2 Å². The normalized spacial score (nSPS) is 39.0. The first-order valence-corrected chi connectivity index (χ1v) is 12.3. The van der Waals surface area contributed by atoms with Crippen LogP contribution in [0.2, 0.25) is 0 Å². The molecule has 0 aliphatic heterocycles. The van der Waals surface area contributed by atoms with E-state index in [-0.39, 0.29) is 17.4 Å². The third kappa shape index (κ3) is 5.52. The Morgan fingerprint density at radius 3 is 2.61 bits per heavy atom. The number of aliphatic hydroxyl groups is 4. The minimum Gasteiger partial charge on any atom is -0.393 e. The molecular formula is C27H44O4. The number of aliphatic hydroxyl groups excluding tert-OH is 3. The van der Waals surface area contributed by atoms with Crippen molar-refractivity contribution in [1.82, 2.24) is 0 Å². The smallest absolute Gasteiger partial charge is 0.0811 e. The molecule has 0 saturated heterocycles. The number of fused-ring (bicyclic) bond motifs is 1. The monoisotopic (exact) mass is 432 g/mol. The second kappa shape index (κ2) is 9.51. The molecular weight excluding hydrogens is 388 g/mol. The molecule has 0 bridgehead atoms. The third-order valence-corrected chi connectivity index (χ3v) is 8.60. The Balaban J connectivity index is 1.74. The molecule has 4 heteroatoms. The molecule has 0 spiro atoms. The summed E-state index contributed by atoms with van der Waals surface area (Å²) in [4.78, 5) is 0. The lowest BCUT2D eigenvalue weighted by Crippen LogP contribution is -2.39. The zero-order valence-electron chi connectivity index (χ0n) is 20.0. The summed E-state index contributed by atoms with van der Waals surface area (Å²) < 4.78 is 0. The quantitative estimate of drug-likeness (QED) is 0.491. The Morgan fingerprint density at radius 1 is 1.23 bits per heavy atom. The lowest BCUT2D eigenvalue weighted by Gasteiger charge is -2.45. The summed E-state index contributed by atoms with van der Waals surface area (Å²) in [5.74, 6) is 1.23. The highest BCUT2D eigenvalue weighted by atomic mass is 16.3. The first kappa shape index (κ1) is 24.7. The number of hydrogen-bond donors (Lipinski definition) is 4. The van der Waals surface area contributed by atoms with Crippen molar-refractivity contribution < 1.29 is 20.4 Å². The fourth-order valence-electron chi connectivity index (χ4n) is 6.64. The highest BCUT2D eigenvalue weighted by Crippen LogP contribution is 2.60. The largest absolute Gasteiger partial charge is 0.393 e. The van der Waals surface area contributed by atoms with Crippen molar-refractivity contribution in [3.05, 3.63) is 35.5 Å². The van der Waals surface area contributed by atoms with Crippen molar-refractivity contribution in [1.29, 1.82) is 0 Å². The Hall–Kier alpha value is -0.940. The summed E-state index contributed by atoms with van der Waals surface area (Å²) in [6.07, 6.45) is 10.8. The molecule has 3 rings (SSSR count). The van der Waals surface area contributed by atoms with Crippen molar-refractivity contribution in [2.24, 2.45) is 23.2 Å². The van der Waals surface area contributed by atoms with E-state index in [1.807, 2.05) is 13.8 Å². The van der Waals surface area contributed by atoms with Crippen LogP contribution in [0.4, 0.5) is 0 Å². The van der Waals surface area contributed by atoms with E-state index in [1.54, 1.807) is 0 Å². The molecule has 4 nitrogen and oxygen atoms in total. The molecule has 31 heavy (non-hydrogen) atoms. The zero-order valence-corrected chi connectivity index (χ0v) is 20.0. The molecule has 3 unspecified atom stereocenters. The molecule has 0 radical (unpaired) electrons. The van der Waals surface area contributed by atoms with E-state index in [1.165, 1.54) is 12.0 Å². The van der Waals surface area contributed by atoms with Crippen LogP contribution in [0.25, 0.3) is 0 Å². The summed E-state index contributed by atoms with van der Waals surface area (Å²) >= 11 is 0. The van der Waals surface area contributed by atoms with Gasteiger partial charge in [0.05, 0.1) is 23.9 Å². The van der Waals surface area contributed by atoms with Crippen LogP contribution in [0.15, 0.2) is 35.5 Å². The second-order valence-corrected chi connectivity index (χ2v) is 11.4. The average Bonchev–Trinajstić information content (AvgIpc) is 3.04. The van der Waals surface area contributed by atoms with E-state index < -0.39 is 17.8 Å². The maximum absolute atomic E-state index is 10.9. The molecule has 0 aromatic heterocycles. The summed E-state index contributed by atoms with van der Waals surface area (Å²) in [6.45, 7) is 12.3. The van der Waals surface area contributed by atoms with Crippen molar-refractivity contribution >= 4 is 0 Å². The Morgan fingerprint density at radius 2 is 1.94 bits per heavy atom. The summed E-state index contributed by atoms with van der Waals surface area (Å²) in [7, 11) is 0. The minimum absolute atomic E-state index is 0.195. The van der Waals surface area contributed by atoms with Crippen molar-refractivity contribution in [2.45, 2.75) is 109 Å². The van der Waals surface area contributed by atoms with Crippen LogP contribution in [0.3, 0.4) is 0 Å². The van der Waals surface area contributed by atoms with Gasteiger partial charge in [0, 0.05) is 6.42 Å². The van der Waals surface area contributed by atoms with Gasteiger partial charge in [-0.1, -0.05) is 38.2 Å². The van der Waals surface area contributed by atoms with Crippen molar-refractivity contribution in [3.8, 4) is 0 Å². The molecule has 3 saturated carbocycles. The van der Waals surface area contributed by atoms with Crippen LogP contribution in [-0.2, 0) is 0 Å². The molecule has 0 aromatic rings. The third-order valence-electron chi connectivity index (χ3n) is 8.60. The van der Waals surface area contributed by atoms with Gasteiger partial charge in [0.1, 0.15) is 0 Å². The fourth-order valence-corrected chi connectivity index (χ4v) is 6.64. The van der Waals surface area contributed by atoms with Crippen LogP contribution in [0.1, 0.15) is 85.5 Å². The summed E-state index contributed by atoms with van der Waals surface area (Å²) in [5.41, 5.74) is 2.65. The number of hydrogen-bond acceptors (Lipinski definition) is 4. The Bertz CT molecular complexity index is 715. The minimum atomic E-state index is -0.735. The second-order valence-electron chi connectivity index (χ2n) is 11.4. The van der Waals surface area contributed by atoms with Gasteiger partial charge in [0.2, 0.25) is 0 Å². The molecule has 0 amide bonds. The molecule has 0 aromatic carbocycles. The molecule has 4 N–H and O–H groups in total. The number of allylic oxidation sites excluding steroid dienone is 3. The fraction of sp³-hybridized carbons (Fsp3) is 0.778. The van der Waals surface area contributed by atoms with Gasteiger partial charge < -0.3 is 20.4 Å². The average molecular weight is 433 g/mol. The SMILES string of the molecule is C=C1/C(=C\C=C2/CCC[C@]3(C)[C@@H]([C@H](C)C(O)CCC(C)(C)O)CC[C@@H]23)CC(O)CC1O. The Kier molecular flexibility index (Phi) is 7.57. The van der Waals surface area contributed by atoms with E-state index in [4.69, 9.17) is 0 Å². The van der Waals surface area contributed by atoms with Crippen molar-refractivity contribution in [2.75, 3.05) is 0 Å². The van der Waals surface area contributed by atoms with Gasteiger partial charge in [-0.3, -0.25) is 0 Å². The number of rotatable bonds is 6. The van der Waals surface area contributed by atoms with Crippen LogP contribution < -0.4 is 0 Å². The Labute approximate surface area is 188 Å². The van der Waals surface area contributed by atoms with Crippen LogP contribution >= 0.6 is 0 Å². The first-order valence-electron chi connectivity index (χ1n) is 12.3. The van der Waals surface area contributed by atoms with Gasteiger partial charge in [-0.15, -0.1) is 0 Å². The van der Waals surface area contributed by atoms with Crippen molar-refractivity contribution in [3.63, 3.8) is 0 Å². The van der Waals surface area contributed by atoms with E-state index in [2.05, 4.69) is 32.6 Å². The molecule has 3 aliphatic carbocycles. The molecule has 3 aliphatic rings. The lowest BCUT2D eigenvalue weighted by molar-refractivity contribution is -0.00259. The van der Waals surface area contributed by atoms with Gasteiger partial charge in [-0.05, 0) is 99.5 Å². The van der Waals surface area contributed by atoms with Gasteiger partial charge >= 0.3 is 0 Å². The molecule has 3 fully saturated rings. The van der Waals surface area contributed by atoms with E-state index in [0.29, 0.717) is 37.5 Å². The predicted octanol–water partition coefficient (Wildman–Crippen LogP) is 4.68. The lowest BCUT2D eigenvalue weighted by atomic mass is 9.60. The highest BCUT2D eigenvalue weighted by Gasteiger charge is 2.51. The molecule has 7 atom stereocenters. The van der Waals surface area contributed by atoms with Gasteiger partial charge in [0.15, 0.2) is 0 Å². The zero-order chi connectivity index (χ0) is 23.0. The first-order chi connectivity index (χ1) is 14.4. The predicted molar refractivity (Wildman–Crippen MR) is 125 cm³/mol. The van der Waals surface area contributed by atoms with E-state index >= 15 is 0 Å². The van der Waals surface area contributed by atoms with Crippen LogP contribution in [0.5, 0.6) is 0 Å². The standard InChI is InChI=1S/C27H44O4/c1-17-20(15-21(28)16-25(17)30)9-8-19-7-6-13-27(5)22(10-11-23(19)27)18(2)24(29)12-14-26(3,4)31/h8-9,18,21-25,28-31H,1,6-7,10-16H2,2-5H3/b19-8+,20-9-/t18-,21?,22+,23-,24?,25?,27+/m0/s1. The van der Waals surface area contributed by atoms with Crippen LogP contribution in [-0.4, -0.2) is 44.3 Å². The maximum atomic E-state index is 10.9.